The Kier molecular flexibility index (Phi) is 6.88. The highest BCUT2D eigenvalue weighted by Gasteiger charge is 2.53. The third-order valence-electron chi connectivity index (χ3n) is 6.19. The average Bonchev–Trinajstić information content (AvgIpc) is 2.74. The smallest absolute Gasteiger partial charge is 0.234 e. The second kappa shape index (κ2) is 9.22. The zero-order valence-electron chi connectivity index (χ0n) is 17.1. The summed E-state index contributed by atoms with van der Waals surface area (Å²) >= 11 is 12.4. The molecule has 0 aliphatic carbocycles. The molecule has 1 aliphatic heterocycles. The fourth-order valence-electron chi connectivity index (χ4n) is 4.50. The van der Waals surface area contributed by atoms with Crippen LogP contribution in [0.5, 0.6) is 0 Å². The number of benzene rings is 2. The molecule has 0 saturated carbocycles. The molecule has 0 spiro atoms. The van der Waals surface area contributed by atoms with Crippen molar-refractivity contribution in [2.45, 2.75) is 37.6 Å². The van der Waals surface area contributed by atoms with Gasteiger partial charge in [-0.2, -0.15) is 0 Å². The summed E-state index contributed by atoms with van der Waals surface area (Å²) in [6.07, 6.45) is 3.28. The van der Waals surface area contributed by atoms with Crippen LogP contribution < -0.4 is 0 Å². The minimum atomic E-state index is -0.920. The number of aldehydes is 1. The van der Waals surface area contributed by atoms with E-state index in [0.29, 0.717) is 23.0 Å². The molecule has 30 heavy (non-hydrogen) atoms. The number of carbonyl (C=O) groups is 2. The molecule has 156 valence electrons. The quantitative estimate of drug-likeness (QED) is 0.418. The van der Waals surface area contributed by atoms with Gasteiger partial charge in [-0.05, 0) is 54.8 Å². The van der Waals surface area contributed by atoms with Crippen molar-refractivity contribution in [1.82, 2.24) is 4.90 Å². The van der Waals surface area contributed by atoms with Crippen LogP contribution in [0.4, 0.5) is 0 Å². The van der Waals surface area contributed by atoms with E-state index in [1.165, 1.54) is 0 Å². The molecular weight excluding hydrogens is 417 g/mol. The van der Waals surface area contributed by atoms with E-state index in [9.17, 15) is 9.59 Å². The average molecular weight is 442 g/mol. The highest BCUT2D eigenvalue weighted by Crippen LogP contribution is 2.48. The lowest BCUT2D eigenvalue weighted by atomic mass is 9.61. The monoisotopic (exact) mass is 441 g/mol. The van der Waals surface area contributed by atoms with Crippen molar-refractivity contribution in [2.75, 3.05) is 6.54 Å². The van der Waals surface area contributed by atoms with E-state index in [1.807, 2.05) is 56.3 Å². The fourth-order valence-corrected chi connectivity index (χ4v) is 4.82. The van der Waals surface area contributed by atoms with Gasteiger partial charge in [0.25, 0.3) is 0 Å². The van der Waals surface area contributed by atoms with Crippen molar-refractivity contribution in [1.29, 1.82) is 0 Å². The van der Waals surface area contributed by atoms with Gasteiger partial charge >= 0.3 is 0 Å². The largest absolute Gasteiger partial charge is 0.332 e. The molecule has 1 amide bonds. The first-order valence-corrected chi connectivity index (χ1v) is 10.8. The Labute approximate surface area is 188 Å². The minimum Gasteiger partial charge on any atom is -0.332 e. The molecule has 5 heteroatoms. The Bertz CT molecular complexity index is 981. The van der Waals surface area contributed by atoms with Gasteiger partial charge in [0.05, 0.1) is 11.5 Å². The number of likely N-dealkylation sites (tertiary alicyclic amines) is 1. The van der Waals surface area contributed by atoms with Gasteiger partial charge in [0.15, 0.2) is 0 Å². The summed E-state index contributed by atoms with van der Waals surface area (Å²) in [6.45, 7) is 8.04. The summed E-state index contributed by atoms with van der Waals surface area (Å²) in [5.41, 5.74) is 3.84. The van der Waals surface area contributed by atoms with Crippen molar-refractivity contribution in [2.24, 2.45) is 5.92 Å². The van der Waals surface area contributed by atoms with Crippen LogP contribution in [0.3, 0.4) is 0 Å². The number of nitrogens with zero attached hydrogens (tertiary/aromatic N) is 1. The van der Waals surface area contributed by atoms with Crippen LogP contribution in [0.1, 0.15) is 37.3 Å². The first-order chi connectivity index (χ1) is 14.4. The highest BCUT2D eigenvalue weighted by molar-refractivity contribution is 6.30. The molecule has 3 rings (SSSR count). The molecule has 0 bridgehead atoms. The highest BCUT2D eigenvalue weighted by atomic mass is 35.5. The standard InChI is InChI=1S/C25H25Cl2NO2/c1-4-7-23-22(17-8-6-9-20(27)14-17)15-28(21(5-2)16-29)24(30)25(23,3)18-10-12-19(26)13-11-18/h6-14,16,21-23H,1,5,15H2,2-3H3/t21-,22+,23-,25+/m0/s1. The third kappa shape index (κ3) is 3.98. The number of halogens is 2. The van der Waals surface area contributed by atoms with Gasteiger partial charge in [-0.25, -0.2) is 0 Å². The predicted octanol–water partition coefficient (Wildman–Crippen LogP) is 5.81. The van der Waals surface area contributed by atoms with Crippen molar-refractivity contribution in [3.8, 4) is 0 Å². The molecule has 0 unspecified atom stereocenters. The molecule has 0 radical (unpaired) electrons. The van der Waals surface area contributed by atoms with Crippen LogP contribution >= 0.6 is 23.2 Å². The van der Waals surface area contributed by atoms with Gasteiger partial charge in [-0.3, -0.25) is 4.79 Å². The molecule has 2 aromatic carbocycles. The SMILES string of the molecule is C=C=C[C@H]1[C@@H](c2cccc(Cl)c2)CN([C@H](C=O)CC)C(=O)[C@]1(C)c1ccc(Cl)cc1. The maximum atomic E-state index is 13.9. The lowest BCUT2D eigenvalue weighted by molar-refractivity contribution is -0.148. The Morgan fingerprint density at radius 2 is 1.93 bits per heavy atom. The van der Waals surface area contributed by atoms with Crippen LogP contribution in [-0.4, -0.2) is 29.7 Å². The van der Waals surface area contributed by atoms with E-state index in [1.54, 1.807) is 17.0 Å². The maximum Gasteiger partial charge on any atom is 0.234 e. The maximum absolute atomic E-state index is 13.9. The van der Waals surface area contributed by atoms with E-state index >= 15 is 0 Å². The van der Waals surface area contributed by atoms with Gasteiger partial charge in [-0.15, -0.1) is 5.73 Å². The molecule has 1 fully saturated rings. The summed E-state index contributed by atoms with van der Waals surface area (Å²) in [5.74, 6) is -0.383. The summed E-state index contributed by atoms with van der Waals surface area (Å²) in [5, 5.41) is 1.23. The number of carbonyl (C=O) groups excluding carboxylic acids is 2. The molecule has 0 N–H and O–H groups in total. The molecule has 1 heterocycles. The number of hydrogen-bond acceptors (Lipinski definition) is 2. The Morgan fingerprint density at radius 3 is 2.50 bits per heavy atom. The van der Waals surface area contributed by atoms with Gasteiger partial charge in [0.2, 0.25) is 5.91 Å². The van der Waals surface area contributed by atoms with E-state index in [0.717, 1.165) is 17.4 Å². The Morgan fingerprint density at radius 1 is 1.23 bits per heavy atom. The number of rotatable bonds is 6. The first-order valence-electron chi connectivity index (χ1n) is 10.0. The first kappa shape index (κ1) is 22.4. The molecule has 4 atom stereocenters. The van der Waals surface area contributed by atoms with Gasteiger partial charge in [-0.1, -0.05) is 61.0 Å². The molecule has 1 saturated heterocycles. The molecule has 3 nitrogen and oxygen atoms in total. The summed E-state index contributed by atoms with van der Waals surface area (Å²) in [6, 6.07) is 14.5. The van der Waals surface area contributed by atoms with Gasteiger partial charge in [0, 0.05) is 28.4 Å². The Balaban J connectivity index is 2.24. The van der Waals surface area contributed by atoms with E-state index < -0.39 is 11.5 Å². The molecular formula is C25H25Cl2NO2. The van der Waals surface area contributed by atoms with Crippen molar-refractivity contribution < 1.29 is 9.59 Å². The second-order valence-electron chi connectivity index (χ2n) is 7.84. The summed E-state index contributed by atoms with van der Waals surface area (Å²) in [4.78, 5) is 27.4. The summed E-state index contributed by atoms with van der Waals surface area (Å²) in [7, 11) is 0. The second-order valence-corrected chi connectivity index (χ2v) is 8.71. The van der Waals surface area contributed by atoms with Crippen LogP contribution in [0, 0.1) is 5.92 Å². The van der Waals surface area contributed by atoms with Crippen LogP contribution in [0.25, 0.3) is 0 Å². The topological polar surface area (TPSA) is 37.4 Å². The zero-order chi connectivity index (χ0) is 21.9. The third-order valence-corrected chi connectivity index (χ3v) is 6.68. The lowest BCUT2D eigenvalue weighted by Crippen LogP contribution is -2.60. The van der Waals surface area contributed by atoms with E-state index in [4.69, 9.17) is 23.2 Å². The number of allylic oxidation sites excluding steroid dienone is 1. The molecule has 1 aliphatic rings. The normalized spacial score (nSPS) is 24.8. The van der Waals surface area contributed by atoms with Crippen molar-refractivity contribution in [3.63, 3.8) is 0 Å². The fraction of sp³-hybridized carbons (Fsp3) is 0.320. The van der Waals surface area contributed by atoms with Crippen molar-refractivity contribution in [3.05, 3.63) is 88.1 Å². The predicted molar refractivity (Wildman–Crippen MR) is 122 cm³/mol. The van der Waals surface area contributed by atoms with Crippen LogP contribution in [-0.2, 0) is 15.0 Å². The summed E-state index contributed by atoms with van der Waals surface area (Å²) < 4.78 is 0. The molecule has 2 aromatic rings. The Hall–Kier alpha value is -2.32. The lowest BCUT2D eigenvalue weighted by Gasteiger charge is -2.50. The number of amides is 1. The van der Waals surface area contributed by atoms with Gasteiger partial charge < -0.3 is 9.69 Å². The van der Waals surface area contributed by atoms with E-state index in [-0.39, 0.29) is 17.7 Å². The van der Waals surface area contributed by atoms with E-state index in [2.05, 4.69) is 12.3 Å². The van der Waals surface area contributed by atoms with Crippen LogP contribution in [0.2, 0.25) is 10.0 Å². The van der Waals surface area contributed by atoms with Gasteiger partial charge in [0.1, 0.15) is 6.29 Å². The minimum absolute atomic E-state index is 0.0784. The number of hydrogen-bond donors (Lipinski definition) is 0. The molecule has 0 aromatic heterocycles. The number of piperidine rings is 1. The van der Waals surface area contributed by atoms with Crippen LogP contribution in [0.15, 0.2) is 66.9 Å². The van der Waals surface area contributed by atoms with Crippen molar-refractivity contribution >= 4 is 35.4 Å². The zero-order valence-corrected chi connectivity index (χ0v) is 18.7.